The van der Waals surface area contributed by atoms with Crippen molar-refractivity contribution in [1.82, 2.24) is 0 Å². The van der Waals surface area contributed by atoms with Gasteiger partial charge in [0.05, 0.1) is 12.8 Å². The highest BCUT2D eigenvalue weighted by molar-refractivity contribution is 5.97. The summed E-state index contributed by atoms with van der Waals surface area (Å²) in [4.78, 5) is 12.2. The van der Waals surface area contributed by atoms with Gasteiger partial charge in [0.1, 0.15) is 17.6 Å². The first-order valence-electron chi connectivity index (χ1n) is 6.98. The van der Waals surface area contributed by atoms with E-state index in [4.69, 9.17) is 4.74 Å². The second kappa shape index (κ2) is 6.93. The lowest BCUT2D eigenvalue weighted by Gasteiger charge is -2.18. The molecule has 0 aliphatic heterocycles. The Morgan fingerprint density at radius 1 is 1.18 bits per heavy atom. The van der Waals surface area contributed by atoms with Gasteiger partial charge in [-0.15, -0.1) is 0 Å². The molecule has 0 saturated heterocycles. The monoisotopic (exact) mass is 302 g/mol. The van der Waals surface area contributed by atoms with Crippen molar-refractivity contribution in [3.8, 4) is 5.75 Å². The molecular formula is C17H19FN2O2. The average molecular weight is 302 g/mol. The summed E-state index contributed by atoms with van der Waals surface area (Å²) >= 11 is 0. The summed E-state index contributed by atoms with van der Waals surface area (Å²) in [6.07, 6.45) is 0. The minimum Gasteiger partial charge on any atom is -0.494 e. The molecule has 1 atom stereocenters. The molecule has 116 valence electrons. The number of rotatable bonds is 5. The number of carbonyl (C=O) groups excluding carboxylic acids is 1. The van der Waals surface area contributed by atoms with E-state index in [1.807, 2.05) is 31.2 Å². The molecule has 0 radical (unpaired) electrons. The van der Waals surface area contributed by atoms with Crippen molar-refractivity contribution in [3.05, 3.63) is 53.8 Å². The number of amides is 1. The molecular weight excluding hydrogens is 283 g/mol. The van der Waals surface area contributed by atoms with E-state index >= 15 is 0 Å². The predicted molar refractivity (Wildman–Crippen MR) is 85.8 cm³/mol. The maximum atomic E-state index is 13.2. The summed E-state index contributed by atoms with van der Waals surface area (Å²) < 4.78 is 18.3. The molecule has 0 saturated carbocycles. The smallest absolute Gasteiger partial charge is 0.246 e. The lowest BCUT2D eigenvalue weighted by molar-refractivity contribution is -0.116. The van der Waals surface area contributed by atoms with Crippen molar-refractivity contribution in [1.29, 1.82) is 0 Å². The Morgan fingerprint density at radius 2 is 1.91 bits per heavy atom. The standard InChI is InChI=1S/C17H19FN2O2/c1-11-6-4-5-7-14(11)20-17(21)12(2)19-15-9-8-13(18)10-16(15)22-3/h4-10,12,19H,1-3H3,(H,20,21). The number of aryl methyl sites for hydroxylation is 1. The predicted octanol–water partition coefficient (Wildman–Crippen LogP) is 3.58. The molecule has 2 N–H and O–H groups in total. The SMILES string of the molecule is COc1cc(F)ccc1NC(C)C(=O)Nc1ccccc1C. The zero-order valence-electron chi connectivity index (χ0n) is 12.8. The van der Waals surface area contributed by atoms with E-state index in [1.165, 1.54) is 19.2 Å². The second-order valence-corrected chi connectivity index (χ2v) is 5.01. The molecule has 0 aromatic heterocycles. The molecule has 4 nitrogen and oxygen atoms in total. The van der Waals surface area contributed by atoms with E-state index in [2.05, 4.69) is 10.6 Å². The average Bonchev–Trinajstić information content (AvgIpc) is 2.51. The van der Waals surface area contributed by atoms with Gasteiger partial charge in [0.25, 0.3) is 0 Å². The maximum absolute atomic E-state index is 13.2. The molecule has 0 bridgehead atoms. The second-order valence-electron chi connectivity index (χ2n) is 5.01. The van der Waals surface area contributed by atoms with Crippen LogP contribution in [0.4, 0.5) is 15.8 Å². The summed E-state index contributed by atoms with van der Waals surface area (Å²) in [6, 6.07) is 11.2. The Labute approximate surface area is 129 Å². The van der Waals surface area contributed by atoms with Crippen molar-refractivity contribution in [3.63, 3.8) is 0 Å². The Morgan fingerprint density at radius 3 is 2.59 bits per heavy atom. The first-order valence-corrected chi connectivity index (χ1v) is 6.98. The molecule has 0 fully saturated rings. The number of anilines is 2. The van der Waals surface area contributed by atoms with E-state index < -0.39 is 6.04 Å². The molecule has 0 heterocycles. The third-order valence-electron chi connectivity index (χ3n) is 3.33. The van der Waals surface area contributed by atoms with Crippen LogP contribution in [-0.2, 0) is 4.79 Å². The number of halogens is 1. The zero-order chi connectivity index (χ0) is 16.1. The van der Waals surface area contributed by atoms with Gasteiger partial charge < -0.3 is 15.4 Å². The zero-order valence-corrected chi connectivity index (χ0v) is 12.8. The highest BCUT2D eigenvalue weighted by atomic mass is 19.1. The summed E-state index contributed by atoms with van der Waals surface area (Å²) in [5.74, 6) is -0.212. The van der Waals surface area contributed by atoms with Crippen LogP contribution in [0.2, 0.25) is 0 Å². The normalized spacial score (nSPS) is 11.6. The largest absolute Gasteiger partial charge is 0.494 e. The fourth-order valence-corrected chi connectivity index (χ4v) is 2.04. The van der Waals surface area contributed by atoms with Crippen LogP contribution in [0.15, 0.2) is 42.5 Å². The highest BCUT2D eigenvalue weighted by Crippen LogP contribution is 2.25. The van der Waals surface area contributed by atoms with Crippen LogP contribution in [0.3, 0.4) is 0 Å². The van der Waals surface area contributed by atoms with Gasteiger partial charge in [0.2, 0.25) is 5.91 Å². The quantitative estimate of drug-likeness (QED) is 0.887. The van der Waals surface area contributed by atoms with Crippen LogP contribution in [0, 0.1) is 12.7 Å². The molecule has 2 aromatic carbocycles. The third kappa shape index (κ3) is 3.75. The van der Waals surface area contributed by atoms with E-state index in [-0.39, 0.29) is 11.7 Å². The fourth-order valence-electron chi connectivity index (χ4n) is 2.04. The van der Waals surface area contributed by atoms with Crippen LogP contribution >= 0.6 is 0 Å². The number of carbonyl (C=O) groups is 1. The molecule has 1 amide bonds. The Bertz CT molecular complexity index is 673. The minimum atomic E-state index is -0.501. The van der Waals surface area contributed by atoms with Crippen molar-refractivity contribution in [2.75, 3.05) is 17.7 Å². The van der Waals surface area contributed by atoms with Gasteiger partial charge in [-0.2, -0.15) is 0 Å². The Balaban J connectivity index is 2.07. The summed E-state index contributed by atoms with van der Waals surface area (Å²) in [7, 11) is 1.46. The van der Waals surface area contributed by atoms with Crippen LogP contribution in [0.5, 0.6) is 5.75 Å². The summed E-state index contributed by atoms with van der Waals surface area (Å²) in [5.41, 5.74) is 2.32. The number of hydrogen-bond acceptors (Lipinski definition) is 3. The molecule has 2 rings (SSSR count). The Kier molecular flexibility index (Phi) is 4.99. The van der Waals surface area contributed by atoms with Crippen molar-refractivity contribution >= 4 is 17.3 Å². The molecule has 2 aromatic rings. The van der Waals surface area contributed by atoms with E-state index in [1.54, 1.807) is 13.0 Å². The van der Waals surface area contributed by atoms with Crippen molar-refractivity contribution in [2.24, 2.45) is 0 Å². The van der Waals surface area contributed by atoms with Gasteiger partial charge in [-0.3, -0.25) is 4.79 Å². The maximum Gasteiger partial charge on any atom is 0.246 e. The molecule has 22 heavy (non-hydrogen) atoms. The van der Waals surface area contributed by atoms with Crippen molar-refractivity contribution < 1.29 is 13.9 Å². The first-order chi connectivity index (χ1) is 10.5. The van der Waals surface area contributed by atoms with Crippen LogP contribution in [0.1, 0.15) is 12.5 Å². The first kappa shape index (κ1) is 15.8. The van der Waals surface area contributed by atoms with E-state index in [0.717, 1.165) is 11.3 Å². The van der Waals surface area contributed by atoms with Gasteiger partial charge in [-0.25, -0.2) is 4.39 Å². The number of hydrogen-bond donors (Lipinski definition) is 2. The highest BCUT2D eigenvalue weighted by Gasteiger charge is 2.15. The Hall–Kier alpha value is -2.56. The number of methoxy groups -OCH3 is 1. The topological polar surface area (TPSA) is 50.4 Å². The van der Waals surface area contributed by atoms with Gasteiger partial charge in [-0.05, 0) is 37.6 Å². The van der Waals surface area contributed by atoms with Crippen LogP contribution < -0.4 is 15.4 Å². The fraction of sp³-hybridized carbons (Fsp3) is 0.235. The van der Waals surface area contributed by atoms with Crippen LogP contribution in [-0.4, -0.2) is 19.1 Å². The number of benzene rings is 2. The van der Waals surface area contributed by atoms with Crippen molar-refractivity contribution in [2.45, 2.75) is 19.9 Å². The number of para-hydroxylation sites is 1. The lowest BCUT2D eigenvalue weighted by Crippen LogP contribution is -2.32. The molecule has 5 heteroatoms. The van der Waals surface area contributed by atoms with E-state index in [9.17, 15) is 9.18 Å². The number of nitrogens with one attached hydrogen (secondary N) is 2. The van der Waals surface area contributed by atoms with Crippen LogP contribution in [0.25, 0.3) is 0 Å². The minimum absolute atomic E-state index is 0.180. The third-order valence-corrected chi connectivity index (χ3v) is 3.33. The van der Waals surface area contributed by atoms with Gasteiger partial charge in [0.15, 0.2) is 0 Å². The lowest BCUT2D eigenvalue weighted by atomic mass is 10.2. The summed E-state index contributed by atoms with van der Waals surface area (Å²) in [6.45, 7) is 3.66. The molecule has 0 aliphatic rings. The van der Waals surface area contributed by atoms with Gasteiger partial charge in [0, 0.05) is 11.8 Å². The summed E-state index contributed by atoms with van der Waals surface area (Å²) in [5, 5.41) is 5.89. The van der Waals surface area contributed by atoms with Gasteiger partial charge >= 0.3 is 0 Å². The van der Waals surface area contributed by atoms with E-state index in [0.29, 0.717) is 11.4 Å². The molecule has 0 spiro atoms. The number of ether oxygens (including phenoxy) is 1. The van der Waals surface area contributed by atoms with Gasteiger partial charge in [-0.1, -0.05) is 18.2 Å². The molecule has 1 unspecified atom stereocenters. The molecule has 0 aliphatic carbocycles.